The fourth-order valence-corrected chi connectivity index (χ4v) is 5.88. The first-order valence-electron chi connectivity index (χ1n) is 13.7. The van der Waals surface area contributed by atoms with Crippen LogP contribution in [0.15, 0.2) is 0 Å². The van der Waals surface area contributed by atoms with E-state index >= 15 is 0 Å². The summed E-state index contributed by atoms with van der Waals surface area (Å²) in [7, 11) is 0. The van der Waals surface area contributed by atoms with Gasteiger partial charge in [0, 0.05) is 29.7 Å². The van der Waals surface area contributed by atoms with E-state index in [1.54, 1.807) is 0 Å². The number of rotatable bonds is 10. The molecule has 0 saturated heterocycles. The Bertz CT molecular complexity index is 386. The maximum atomic E-state index is 4.01. The third kappa shape index (κ3) is 10.5. The summed E-state index contributed by atoms with van der Waals surface area (Å²) in [5.41, 5.74) is 0.898. The van der Waals surface area contributed by atoms with E-state index in [-0.39, 0.29) is 0 Å². The summed E-state index contributed by atoms with van der Waals surface area (Å²) >= 11 is 0. The second-order valence-corrected chi connectivity index (χ2v) is 11.7. The van der Waals surface area contributed by atoms with Crippen molar-refractivity contribution < 1.29 is 0 Å². The van der Waals surface area contributed by atoms with Crippen LogP contribution in [-0.4, -0.2) is 34.6 Å². The maximum Gasteiger partial charge on any atom is 0.0158 e. The quantitative estimate of drug-likeness (QED) is 0.380. The molecule has 1 atom stereocenters. The van der Waals surface area contributed by atoms with Crippen molar-refractivity contribution in [1.29, 1.82) is 0 Å². The fraction of sp³-hybridized carbons (Fsp3) is 1.00. The number of hydrogen-bond donors (Lipinski definition) is 1. The predicted molar refractivity (Wildman–Crippen MR) is 136 cm³/mol. The summed E-state index contributed by atoms with van der Waals surface area (Å²) in [6.07, 6.45) is 19.7. The highest BCUT2D eigenvalue weighted by molar-refractivity contribution is 4.96. The Morgan fingerprint density at radius 2 is 1.17 bits per heavy atom. The number of nitrogens with zero attached hydrogens (tertiary/aromatic N) is 1. The summed E-state index contributed by atoms with van der Waals surface area (Å²) < 4.78 is 0. The lowest BCUT2D eigenvalue weighted by Crippen LogP contribution is -2.56. The Kier molecular flexibility index (Phi) is 13.2. The predicted octanol–water partition coefficient (Wildman–Crippen LogP) is 8.34. The molecule has 0 aromatic rings. The number of nitrogens with one attached hydrogen (secondary N) is 1. The van der Waals surface area contributed by atoms with Gasteiger partial charge in [-0.2, -0.15) is 0 Å². The summed E-state index contributed by atoms with van der Waals surface area (Å²) in [4.78, 5) is 2.63. The molecule has 0 heterocycles. The molecule has 2 nitrogen and oxygen atoms in total. The van der Waals surface area contributed by atoms with Crippen LogP contribution in [0.5, 0.6) is 0 Å². The van der Waals surface area contributed by atoms with Gasteiger partial charge in [0.1, 0.15) is 0 Å². The lowest BCUT2D eigenvalue weighted by Gasteiger charge is -2.45. The van der Waals surface area contributed by atoms with Crippen LogP contribution in [0.25, 0.3) is 0 Å². The third-order valence-electron chi connectivity index (χ3n) is 7.86. The summed E-state index contributed by atoms with van der Waals surface area (Å²) in [5, 5.41) is 4.01. The molecular formula is C28H58N2. The standard InChI is InChI=1S/C14H27N.C14H31N/c1-13(9-5-3-6-10-13)15-14(2)11-7-4-8-12-14;1-7-9-10-14(8-2)11-15(12(3)4)13(5)6/h15H,3-12H2,1-2H3;12-14H,7-11H2,1-6H3. The van der Waals surface area contributed by atoms with Crippen LogP contribution in [0.4, 0.5) is 0 Å². The van der Waals surface area contributed by atoms with E-state index < -0.39 is 0 Å². The van der Waals surface area contributed by atoms with Gasteiger partial charge in [-0.05, 0) is 79.6 Å². The van der Waals surface area contributed by atoms with Crippen LogP contribution in [0.2, 0.25) is 0 Å². The number of unbranched alkanes of at least 4 members (excludes halogenated alkanes) is 1. The van der Waals surface area contributed by atoms with E-state index in [9.17, 15) is 0 Å². The highest BCUT2D eigenvalue weighted by atomic mass is 15.2. The van der Waals surface area contributed by atoms with Crippen LogP contribution in [0.1, 0.15) is 145 Å². The van der Waals surface area contributed by atoms with Crippen LogP contribution in [0.3, 0.4) is 0 Å². The molecule has 2 fully saturated rings. The van der Waals surface area contributed by atoms with E-state index in [0.717, 1.165) is 5.92 Å². The Hall–Kier alpha value is -0.0800. The molecule has 0 aromatic carbocycles. The van der Waals surface area contributed by atoms with Crippen molar-refractivity contribution >= 4 is 0 Å². The van der Waals surface area contributed by atoms with Crippen molar-refractivity contribution in [3.8, 4) is 0 Å². The van der Waals surface area contributed by atoms with Crippen molar-refractivity contribution in [2.24, 2.45) is 5.92 Å². The van der Waals surface area contributed by atoms with E-state index in [1.165, 1.54) is 96.4 Å². The topological polar surface area (TPSA) is 15.3 Å². The molecule has 1 unspecified atom stereocenters. The summed E-state index contributed by atoms with van der Waals surface area (Å²) in [6, 6.07) is 1.36. The zero-order chi connectivity index (χ0) is 22.6. The lowest BCUT2D eigenvalue weighted by atomic mass is 9.77. The second kappa shape index (κ2) is 14.1. The summed E-state index contributed by atoms with van der Waals surface area (Å²) in [6.45, 7) is 20.1. The van der Waals surface area contributed by atoms with Crippen molar-refractivity contribution in [1.82, 2.24) is 10.2 Å². The zero-order valence-electron chi connectivity index (χ0n) is 22.3. The Balaban J connectivity index is 0.000000300. The molecule has 2 heteroatoms. The Morgan fingerprint density at radius 3 is 1.50 bits per heavy atom. The lowest BCUT2D eigenvalue weighted by molar-refractivity contribution is 0.140. The molecule has 0 aromatic heterocycles. The van der Waals surface area contributed by atoms with E-state index in [1.807, 2.05) is 0 Å². The van der Waals surface area contributed by atoms with Gasteiger partial charge in [-0.1, -0.05) is 71.6 Å². The zero-order valence-corrected chi connectivity index (χ0v) is 22.3. The molecular weight excluding hydrogens is 364 g/mol. The molecule has 2 aliphatic carbocycles. The van der Waals surface area contributed by atoms with Gasteiger partial charge in [0.25, 0.3) is 0 Å². The molecule has 2 rings (SSSR count). The molecule has 0 spiro atoms. The van der Waals surface area contributed by atoms with Gasteiger partial charge in [0.15, 0.2) is 0 Å². The smallest absolute Gasteiger partial charge is 0.0158 e. The highest BCUT2D eigenvalue weighted by Gasteiger charge is 2.35. The molecule has 2 saturated carbocycles. The molecule has 0 aliphatic heterocycles. The van der Waals surface area contributed by atoms with Crippen LogP contribution in [0, 0.1) is 5.92 Å². The molecule has 0 amide bonds. The van der Waals surface area contributed by atoms with Gasteiger partial charge < -0.3 is 5.32 Å². The van der Waals surface area contributed by atoms with Gasteiger partial charge in [-0.3, -0.25) is 4.90 Å². The average Bonchev–Trinajstić information content (AvgIpc) is 2.68. The van der Waals surface area contributed by atoms with Gasteiger partial charge in [-0.25, -0.2) is 0 Å². The van der Waals surface area contributed by atoms with Gasteiger partial charge in [0.2, 0.25) is 0 Å². The monoisotopic (exact) mass is 422 g/mol. The van der Waals surface area contributed by atoms with Crippen LogP contribution < -0.4 is 5.32 Å². The first-order chi connectivity index (χ1) is 14.1. The molecule has 1 N–H and O–H groups in total. The minimum absolute atomic E-state index is 0.449. The van der Waals surface area contributed by atoms with Crippen molar-refractivity contribution in [2.75, 3.05) is 6.54 Å². The largest absolute Gasteiger partial charge is 0.306 e. The average molecular weight is 423 g/mol. The molecule has 180 valence electrons. The van der Waals surface area contributed by atoms with Gasteiger partial charge >= 0.3 is 0 Å². The highest BCUT2D eigenvalue weighted by Crippen LogP contribution is 2.34. The van der Waals surface area contributed by atoms with Crippen molar-refractivity contribution in [3.63, 3.8) is 0 Å². The first-order valence-corrected chi connectivity index (χ1v) is 13.7. The van der Waals surface area contributed by atoms with E-state index in [2.05, 4.69) is 65.6 Å². The molecule has 0 radical (unpaired) electrons. The fourth-order valence-electron chi connectivity index (χ4n) is 5.88. The van der Waals surface area contributed by atoms with Gasteiger partial charge in [-0.15, -0.1) is 0 Å². The minimum Gasteiger partial charge on any atom is -0.306 e. The minimum atomic E-state index is 0.449. The summed E-state index contributed by atoms with van der Waals surface area (Å²) in [5.74, 6) is 0.898. The van der Waals surface area contributed by atoms with Crippen LogP contribution >= 0.6 is 0 Å². The van der Waals surface area contributed by atoms with E-state index in [0.29, 0.717) is 23.2 Å². The SMILES string of the molecule is CC1(NC2(C)CCCCC2)CCCCC1.CCCCC(CC)CN(C(C)C)C(C)C. The molecule has 30 heavy (non-hydrogen) atoms. The second-order valence-electron chi connectivity index (χ2n) is 11.7. The Labute approximate surface area is 191 Å². The third-order valence-corrected chi connectivity index (χ3v) is 7.86. The van der Waals surface area contributed by atoms with Gasteiger partial charge in [0.05, 0.1) is 0 Å². The normalized spacial score (nSPS) is 22.1. The maximum absolute atomic E-state index is 4.01. The van der Waals surface area contributed by atoms with Crippen LogP contribution in [-0.2, 0) is 0 Å². The first kappa shape index (κ1) is 28.0. The molecule has 0 bridgehead atoms. The van der Waals surface area contributed by atoms with Crippen molar-refractivity contribution in [2.45, 2.75) is 168 Å². The molecule has 2 aliphatic rings. The number of hydrogen-bond acceptors (Lipinski definition) is 2. The van der Waals surface area contributed by atoms with E-state index in [4.69, 9.17) is 0 Å². The van der Waals surface area contributed by atoms with Crippen molar-refractivity contribution in [3.05, 3.63) is 0 Å². The Morgan fingerprint density at radius 1 is 0.733 bits per heavy atom.